The molecule has 0 aliphatic rings. The maximum Gasteiger partial charge on any atom is 0.240 e. The zero-order chi connectivity index (χ0) is 15.3. The summed E-state index contributed by atoms with van der Waals surface area (Å²) in [5.41, 5.74) is 6.01. The van der Waals surface area contributed by atoms with Crippen LogP contribution >= 0.6 is 0 Å². The van der Waals surface area contributed by atoms with Crippen molar-refractivity contribution in [1.29, 1.82) is 0 Å². The number of hydrogen-bond donors (Lipinski definition) is 2. The van der Waals surface area contributed by atoms with E-state index in [2.05, 4.69) is 9.82 Å². The van der Waals surface area contributed by atoms with E-state index in [1.54, 1.807) is 10.9 Å². The van der Waals surface area contributed by atoms with Crippen molar-refractivity contribution >= 4 is 15.7 Å². The molecule has 0 bridgehead atoms. The Hall–Kier alpha value is -2.06. The van der Waals surface area contributed by atoms with Crippen molar-refractivity contribution in [2.75, 3.05) is 19.4 Å². The summed E-state index contributed by atoms with van der Waals surface area (Å²) in [6, 6.07) is 6.21. The van der Waals surface area contributed by atoms with Gasteiger partial charge < -0.3 is 10.5 Å². The van der Waals surface area contributed by atoms with E-state index in [1.807, 2.05) is 12.3 Å². The summed E-state index contributed by atoms with van der Waals surface area (Å²) in [6.45, 7) is 0.981. The van der Waals surface area contributed by atoms with E-state index in [0.717, 1.165) is 0 Å². The lowest BCUT2D eigenvalue weighted by Crippen LogP contribution is -2.25. The van der Waals surface area contributed by atoms with Crippen LogP contribution in [0.25, 0.3) is 0 Å². The summed E-state index contributed by atoms with van der Waals surface area (Å²) < 4.78 is 33.5. The smallest absolute Gasteiger partial charge is 0.240 e. The standard InChI is InChI=1S/C13H18N4O3S/c1-20-13-5-4-11(10-12(13)14)21(18,19)16-7-3-9-17-8-2-6-15-17/h2,4-6,8,10,16H,3,7,9,14H2,1H3. The van der Waals surface area contributed by atoms with Gasteiger partial charge in [-0.25, -0.2) is 13.1 Å². The summed E-state index contributed by atoms with van der Waals surface area (Å²) in [5, 5.41) is 4.05. The first kappa shape index (κ1) is 15.3. The molecule has 2 rings (SSSR count). The van der Waals surface area contributed by atoms with Crippen LogP contribution in [0.5, 0.6) is 5.75 Å². The topological polar surface area (TPSA) is 99.2 Å². The monoisotopic (exact) mass is 310 g/mol. The second kappa shape index (κ2) is 6.59. The highest BCUT2D eigenvalue weighted by Crippen LogP contribution is 2.24. The fraction of sp³-hybridized carbons (Fsp3) is 0.308. The number of benzene rings is 1. The molecule has 0 spiro atoms. The van der Waals surface area contributed by atoms with Crippen LogP contribution in [0.2, 0.25) is 0 Å². The Morgan fingerprint density at radius 2 is 2.24 bits per heavy atom. The number of nitrogens with two attached hydrogens (primary N) is 1. The Kier molecular flexibility index (Phi) is 4.81. The Labute approximate surface area is 123 Å². The minimum Gasteiger partial charge on any atom is -0.495 e. The third-order valence-electron chi connectivity index (χ3n) is 2.93. The van der Waals surface area contributed by atoms with Gasteiger partial charge in [0, 0.05) is 25.5 Å². The van der Waals surface area contributed by atoms with Crippen molar-refractivity contribution in [2.45, 2.75) is 17.9 Å². The fourth-order valence-corrected chi connectivity index (χ4v) is 2.95. The van der Waals surface area contributed by atoms with Gasteiger partial charge in [0.25, 0.3) is 0 Å². The number of rotatable bonds is 7. The van der Waals surface area contributed by atoms with Gasteiger partial charge in [-0.1, -0.05) is 0 Å². The molecule has 3 N–H and O–H groups in total. The predicted octanol–water partition coefficient (Wildman–Crippen LogP) is 0.842. The first-order valence-electron chi connectivity index (χ1n) is 6.43. The van der Waals surface area contributed by atoms with Crippen molar-refractivity contribution in [3.8, 4) is 5.75 Å². The summed E-state index contributed by atoms with van der Waals surface area (Å²) >= 11 is 0. The van der Waals surface area contributed by atoms with Gasteiger partial charge in [0.05, 0.1) is 17.7 Å². The molecule has 0 saturated heterocycles. The van der Waals surface area contributed by atoms with Crippen molar-refractivity contribution in [3.63, 3.8) is 0 Å². The second-order valence-electron chi connectivity index (χ2n) is 4.42. The fourth-order valence-electron chi connectivity index (χ4n) is 1.84. The Balaban J connectivity index is 1.93. The van der Waals surface area contributed by atoms with Crippen LogP contribution in [0.3, 0.4) is 0 Å². The van der Waals surface area contributed by atoms with E-state index >= 15 is 0 Å². The Morgan fingerprint density at radius 3 is 2.86 bits per heavy atom. The van der Waals surface area contributed by atoms with E-state index in [9.17, 15) is 8.42 Å². The molecule has 0 atom stereocenters. The van der Waals surface area contributed by atoms with Crippen LogP contribution in [-0.4, -0.2) is 31.9 Å². The molecule has 0 radical (unpaired) electrons. The molecule has 7 nitrogen and oxygen atoms in total. The number of hydrogen-bond acceptors (Lipinski definition) is 5. The Morgan fingerprint density at radius 1 is 1.43 bits per heavy atom. The number of aromatic nitrogens is 2. The van der Waals surface area contributed by atoms with Gasteiger partial charge in [-0.15, -0.1) is 0 Å². The van der Waals surface area contributed by atoms with Gasteiger partial charge >= 0.3 is 0 Å². The zero-order valence-electron chi connectivity index (χ0n) is 11.7. The molecule has 1 heterocycles. The highest BCUT2D eigenvalue weighted by Gasteiger charge is 2.15. The van der Waals surface area contributed by atoms with Crippen LogP contribution < -0.4 is 15.2 Å². The van der Waals surface area contributed by atoms with E-state index in [4.69, 9.17) is 10.5 Å². The normalized spacial score (nSPS) is 11.5. The summed E-state index contributed by atoms with van der Waals surface area (Å²) in [7, 11) is -2.08. The third-order valence-corrected chi connectivity index (χ3v) is 4.39. The van der Waals surface area contributed by atoms with E-state index < -0.39 is 10.0 Å². The molecule has 0 aliphatic carbocycles. The Bertz CT molecular complexity index is 683. The minimum absolute atomic E-state index is 0.125. The summed E-state index contributed by atoms with van der Waals surface area (Å²) in [6.07, 6.45) is 4.16. The molecular formula is C13H18N4O3S. The SMILES string of the molecule is COc1ccc(S(=O)(=O)NCCCn2cccn2)cc1N. The lowest BCUT2D eigenvalue weighted by Gasteiger charge is -2.09. The van der Waals surface area contributed by atoms with Crippen molar-refractivity contribution in [3.05, 3.63) is 36.7 Å². The first-order valence-corrected chi connectivity index (χ1v) is 7.92. The molecule has 1 aromatic carbocycles. The van der Waals surface area contributed by atoms with Gasteiger partial charge in [-0.3, -0.25) is 4.68 Å². The molecule has 1 aromatic heterocycles. The molecule has 0 saturated carbocycles. The molecule has 8 heteroatoms. The first-order chi connectivity index (χ1) is 10.0. The highest BCUT2D eigenvalue weighted by atomic mass is 32.2. The van der Waals surface area contributed by atoms with E-state index in [1.165, 1.54) is 25.3 Å². The van der Waals surface area contributed by atoms with Crippen molar-refractivity contribution in [1.82, 2.24) is 14.5 Å². The quantitative estimate of drug-likeness (QED) is 0.583. The number of nitrogen functional groups attached to an aromatic ring is 1. The molecular weight excluding hydrogens is 292 g/mol. The maximum atomic E-state index is 12.1. The van der Waals surface area contributed by atoms with Crippen LogP contribution in [0.1, 0.15) is 6.42 Å². The second-order valence-corrected chi connectivity index (χ2v) is 6.19. The molecule has 0 aliphatic heterocycles. The van der Waals surface area contributed by atoms with E-state index in [-0.39, 0.29) is 10.6 Å². The average Bonchev–Trinajstić information content (AvgIpc) is 2.97. The van der Waals surface area contributed by atoms with Crippen LogP contribution in [-0.2, 0) is 16.6 Å². The third kappa shape index (κ3) is 3.96. The highest BCUT2D eigenvalue weighted by molar-refractivity contribution is 7.89. The van der Waals surface area contributed by atoms with Gasteiger partial charge in [-0.05, 0) is 30.7 Å². The number of ether oxygens (including phenoxy) is 1. The molecule has 0 amide bonds. The van der Waals surface area contributed by atoms with Crippen LogP contribution in [0, 0.1) is 0 Å². The summed E-state index contributed by atoms with van der Waals surface area (Å²) in [5.74, 6) is 0.452. The number of sulfonamides is 1. The molecule has 114 valence electrons. The van der Waals surface area contributed by atoms with Gasteiger partial charge in [0.15, 0.2) is 0 Å². The molecule has 21 heavy (non-hydrogen) atoms. The van der Waals surface area contributed by atoms with E-state index in [0.29, 0.717) is 25.3 Å². The van der Waals surface area contributed by atoms with Gasteiger partial charge in [0.2, 0.25) is 10.0 Å². The summed E-state index contributed by atoms with van der Waals surface area (Å²) in [4.78, 5) is 0.125. The lowest BCUT2D eigenvalue weighted by atomic mass is 10.3. The molecule has 2 aromatic rings. The number of anilines is 1. The number of aryl methyl sites for hydroxylation is 1. The van der Waals surface area contributed by atoms with Crippen molar-refractivity contribution in [2.24, 2.45) is 0 Å². The molecule has 0 fully saturated rings. The zero-order valence-corrected chi connectivity index (χ0v) is 12.5. The van der Waals surface area contributed by atoms with Gasteiger partial charge in [-0.2, -0.15) is 5.10 Å². The van der Waals surface area contributed by atoms with Gasteiger partial charge in [0.1, 0.15) is 5.75 Å². The largest absolute Gasteiger partial charge is 0.495 e. The van der Waals surface area contributed by atoms with Crippen LogP contribution in [0.15, 0.2) is 41.6 Å². The number of nitrogens with zero attached hydrogens (tertiary/aromatic N) is 2. The predicted molar refractivity (Wildman–Crippen MR) is 79.4 cm³/mol. The number of methoxy groups -OCH3 is 1. The minimum atomic E-state index is -3.56. The molecule has 0 unspecified atom stereocenters. The van der Waals surface area contributed by atoms with Crippen molar-refractivity contribution < 1.29 is 13.2 Å². The number of nitrogens with one attached hydrogen (secondary N) is 1. The average molecular weight is 310 g/mol. The lowest BCUT2D eigenvalue weighted by molar-refractivity contribution is 0.416. The maximum absolute atomic E-state index is 12.1. The van der Waals surface area contributed by atoms with Crippen LogP contribution in [0.4, 0.5) is 5.69 Å².